The third-order valence-corrected chi connectivity index (χ3v) is 3.63. The minimum absolute atomic E-state index is 0.123. The Bertz CT molecular complexity index is 710. The fraction of sp³-hybridized carbons (Fsp3) is 0.263. The number of carbonyl (C=O) groups excluding carboxylic acids is 1. The number of nitriles is 1. The van der Waals surface area contributed by atoms with Gasteiger partial charge in [0.05, 0.1) is 24.3 Å². The summed E-state index contributed by atoms with van der Waals surface area (Å²) in [4.78, 5) is 14.2. The van der Waals surface area contributed by atoms with Crippen LogP contribution in [-0.4, -0.2) is 30.2 Å². The van der Waals surface area contributed by atoms with Gasteiger partial charge in [0, 0.05) is 17.9 Å². The normalized spacial score (nSPS) is 11.4. The van der Waals surface area contributed by atoms with E-state index in [0.717, 1.165) is 5.69 Å². The van der Waals surface area contributed by atoms with Crippen molar-refractivity contribution in [3.8, 4) is 6.07 Å². The van der Waals surface area contributed by atoms with Gasteiger partial charge in [-0.3, -0.25) is 4.79 Å². The van der Waals surface area contributed by atoms with Crippen LogP contribution < -0.4 is 10.2 Å². The number of aliphatic hydroxyl groups excluding tert-OH is 1. The maximum Gasteiger partial charge on any atom is 0.243 e. The van der Waals surface area contributed by atoms with Crippen molar-refractivity contribution in [2.45, 2.75) is 19.4 Å². The van der Waals surface area contributed by atoms with Crippen molar-refractivity contribution in [3.05, 3.63) is 60.2 Å². The van der Waals surface area contributed by atoms with E-state index < -0.39 is 6.10 Å². The fourth-order valence-electron chi connectivity index (χ4n) is 2.32. The maximum absolute atomic E-state index is 12.3. The van der Waals surface area contributed by atoms with Gasteiger partial charge in [0.2, 0.25) is 5.91 Å². The van der Waals surface area contributed by atoms with Gasteiger partial charge >= 0.3 is 0 Å². The van der Waals surface area contributed by atoms with Crippen LogP contribution in [0.4, 0.5) is 11.4 Å². The quantitative estimate of drug-likeness (QED) is 0.821. The van der Waals surface area contributed by atoms with Crippen molar-refractivity contribution in [2.24, 2.45) is 0 Å². The molecule has 0 spiro atoms. The minimum atomic E-state index is -0.500. The molecule has 0 heterocycles. The first-order valence-electron chi connectivity index (χ1n) is 7.90. The number of rotatable bonds is 7. The Morgan fingerprint density at radius 2 is 2.00 bits per heavy atom. The zero-order chi connectivity index (χ0) is 17.4. The van der Waals surface area contributed by atoms with Crippen molar-refractivity contribution >= 4 is 17.3 Å². The first-order valence-corrected chi connectivity index (χ1v) is 7.90. The molecule has 1 unspecified atom stereocenters. The SMILES string of the molecule is CCC(O)CN(CC(=O)Nc1cccc(C#N)c1)c1ccccc1. The number of aliphatic hydroxyl groups is 1. The highest BCUT2D eigenvalue weighted by molar-refractivity contribution is 5.94. The molecule has 1 atom stereocenters. The molecule has 0 aliphatic heterocycles. The van der Waals surface area contributed by atoms with E-state index in [0.29, 0.717) is 24.2 Å². The fourth-order valence-corrected chi connectivity index (χ4v) is 2.32. The van der Waals surface area contributed by atoms with Crippen molar-refractivity contribution in [1.82, 2.24) is 0 Å². The Labute approximate surface area is 142 Å². The molecule has 0 aliphatic rings. The Hall–Kier alpha value is -2.84. The minimum Gasteiger partial charge on any atom is -0.391 e. The second kappa shape index (κ2) is 8.70. The Balaban J connectivity index is 2.07. The molecule has 2 N–H and O–H groups in total. The number of amides is 1. The topological polar surface area (TPSA) is 76.4 Å². The smallest absolute Gasteiger partial charge is 0.243 e. The van der Waals surface area contributed by atoms with Crippen molar-refractivity contribution in [3.63, 3.8) is 0 Å². The molecule has 2 aromatic rings. The Kier molecular flexibility index (Phi) is 6.35. The van der Waals surface area contributed by atoms with Gasteiger partial charge < -0.3 is 15.3 Å². The van der Waals surface area contributed by atoms with Crippen LogP contribution in [0.1, 0.15) is 18.9 Å². The third kappa shape index (κ3) is 5.11. The number of carbonyl (C=O) groups is 1. The number of nitrogens with one attached hydrogen (secondary N) is 1. The summed E-state index contributed by atoms with van der Waals surface area (Å²) in [6.45, 7) is 2.41. The first kappa shape index (κ1) is 17.5. The van der Waals surface area contributed by atoms with Gasteiger partial charge in [-0.25, -0.2) is 0 Å². The highest BCUT2D eigenvalue weighted by atomic mass is 16.3. The molecule has 0 radical (unpaired) electrons. The van der Waals surface area contributed by atoms with E-state index in [1.807, 2.05) is 48.2 Å². The van der Waals surface area contributed by atoms with Gasteiger partial charge in [-0.15, -0.1) is 0 Å². The largest absolute Gasteiger partial charge is 0.391 e. The summed E-state index contributed by atoms with van der Waals surface area (Å²) in [6, 6.07) is 18.4. The molecule has 0 saturated carbocycles. The predicted octanol–water partition coefficient (Wildman–Crippen LogP) is 2.77. The standard InChI is InChI=1S/C19H21N3O2/c1-2-18(23)13-22(17-9-4-3-5-10-17)14-19(24)21-16-8-6-7-15(11-16)12-20/h3-11,18,23H,2,13-14H2,1H3,(H,21,24). The van der Waals surface area contributed by atoms with Gasteiger partial charge in [0.15, 0.2) is 0 Å². The molecule has 0 fully saturated rings. The molecule has 2 aromatic carbocycles. The molecule has 0 bridgehead atoms. The zero-order valence-electron chi connectivity index (χ0n) is 13.6. The van der Waals surface area contributed by atoms with Crippen molar-refractivity contribution < 1.29 is 9.90 Å². The molecular weight excluding hydrogens is 302 g/mol. The first-order chi connectivity index (χ1) is 11.6. The van der Waals surface area contributed by atoms with Crippen LogP contribution >= 0.6 is 0 Å². The molecule has 24 heavy (non-hydrogen) atoms. The van der Waals surface area contributed by atoms with Crippen LogP contribution in [0.2, 0.25) is 0 Å². The lowest BCUT2D eigenvalue weighted by molar-refractivity contribution is -0.115. The van der Waals surface area contributed by atoms with Gasteiger partial charge in [-0.2, -0.15) is 5.26 Å². The van der Waals surface area contributed by atoms with Crippen LogP contribution in [0.15, 0.2) is 54.6 Å². The van der Waals surface area contributed by atoms with Crippen molar-refractivity contribution in [2.75, 3.05) is 23.3 Å². The lowest BCUT2D eigenvalue weighted by Gasteiger charge is -2.26. The lowest BCUT2D eigenvalue weighted by Crippen LogP contribution is -2.38. The van der Waals surface area contributed by atoms with Crippen molar-refractivity contribution in [1.29, 1.82) is 5.26 Å². The van der Waals surface area contributed by atoms with E-state index in [9.17, 15) is 9.90 Å². The van der Waals surface area contributed by atoms with Crippen LogP contribution in [-0.2, 0) is 4.79 Å². The number of hydrogen-bond donors (Lipinski definition) is 2. The van der Waals surface area contributed by atoms with Crippen LogP contribution in [0.5, 0.6) is 0 Å². The average Bonchev–Trinajstić information content (AvgIpc) is 2.61. The van der Waals surface area contributed by atoms with E-state index in [4.69, 9.17) is 5.26 Å². The molecule has 0 saturated heterocycles. The summed E-state index contributed by atoms with van der Waals surface area (Å²) >= 11 is 0. The van der Waals surface area contributed by atoms with E-state index in [1.165, 1.54) is 0 Å². The molecular formula is C19H21N3O2. The number of benzene rings is 2. The highest BCUT2D eigenvalue weighted by Gasteiger charge is 2.15. The van der Waals surface area contributed by atoms with E-state index >= 15 is 0 Å². The second-order valence-corrected chi connectivity index (χ2v) is 5.52. The van der Waals surface area contributed by atoms with Gasteiger partial charge in [-0.05, 0) is 36.8 Å². The number of anilines is 2. The number of para-hydroxylation sites is 1. The maximum atomic E-state index is 12.3. The van der Waals surface area contributed by atoms with Gasteiger partial charge in [-0.1, -0.05) is 31.2 Å². The molecule has 0 aliphatic carbocycles. The zero-order valence-corrected chi connectivity index (χ0v) is 13.6. The third-order valence-electron chi connectivity index (χ3n) is 3.63. The Morgan fingerprint density at radius 3 is 2.67 bits per heavy atom. The van der Waals surface area contributed by atoms with E-state index in [1.54, 1.807) is 24.3 Å². The number of nitrogens with zero attached hydrogens (tertiary/aromatic N) is 2. The predicted molar refractivity (Wildman–Crippen MR) is 94.7 cm³/mol. The molecule has 5 nitrogen and oxygen atoms in total. The average molecular weight is 323 g/mol. The number of hydrogen-bond acceptors (Lipinski definition) is 4. The van der Waals surface area contributed by atoms with Crippen LogP contribution in [0.25, 0.3) is 0 Å². The molecule has 1 amide bonds. The molecule has 5 heteroatoms. The summed E-state index contributed by atoms with van der Waals surface area (Å²) in [5.74, 6) is -0.197. The Morgan fingerprint density at radius 1 is 1.25 bits per heavy atom. The second-order valence-electron chi connectivity index (χ2n) is 5.52. The summed E-state index contributed by atoms with van der Waals surface area (Å²) in [5, 5.41) is 21.7. The lowest BCUT2D eigenvalue weighted by atomic mass is 10.2. The summed E-state index contributed by atoms with van der Waals surface area (Å²) in [5.41, 5.74) is 1.96. The molecule has 0 aromatic heterocycles. The van der Waals surface area contributed by atoms with Gasteiger partial charge in [0.25, 0.3) is 0 Å². The molecule has 124 valence electrons. The summed E-state index contributed by atoms with van der Waals surface area (Å²) < 4.78 is 0. The summed E-state index contributed by atoms with van der Waals surface area (Å²) in [7, 11) is 0. The monoisotopic (exact) mass is 323 g/mol. The molecule has 2 rings (SSSR count). The summed E-state index contributed by atoms with van der Waals surface area (Å²) in [6.07, 6.45) is 0.120. The van der Waals surface area contributed by atoms with E-state index in [2.05, 4.69) is 5.32 Å². The van der Waals surface area contributed by atoms with Crippen LogP contribution in [0.3, 0.4) is 0 Å². The highest BCUT2D eigenvalue weighted by Crippen LogP contribution is 2.15. The van der Waals surface area contributed by atoms with Gasteiger partial charge in [0.1, 0.15) is 0 Å². The van der Waals surface area contributed by atoms with Crippen LogP contribution in [0, 0.1) is 11.3 Å². The van der Waals surface area contributed by atoms with E-state index in [-0.39, 0.29) is 12.5 Å².